The summed E-state index contributed by atoms with van der Waals surface area (Å²) in [6, 6.07) is 3.25. The molecule has 0 unspecified atom stereocenters. The second-order valence-corrected chi connectivity index (χ2v) is 6.06. The average Bonchev–Trinajstić information content (AvgIpc) is 3.17. The molecule has 0 aromatic carbocycles. The van der Waals surface area contributed by atoms with Gasteiger partial charge in [-0.1, -0.05) is 5.21 Å². The highest BCUT2D eigenvalue weighted by Gasteiger charge is 2.38. The molecule has 0 saturated carbocycles. The van der Waals surface area contributed by atoms with Crippen LogP contribution in [0, 0.1) is 0 Å². The fourth-order valence-electron chi connectivity index (χ4n) is 2.96. The molecule has 1 amide bonds. The van der Waals surface area contributed by atoms with E-state index >= 15 is 0 Å². The minimum absolute atomic E-state index is 0.0444. The Bertz CT molecular complexity index is 752. The third-order valence-electron chi connectivity index (χ3n) is 4.34. The van der Waals surface area contributed by atoms with Crippen molar-refractivity contribution in [3.8, 4) is 0 Å². The first-order valence-corrected chi connectivity index (χ1v) is 7.45. The van der Waals surface area contributed by atoms with Gasteiger partial charge in [-0.25, -0.2) is 4.68 Å². The van der Waals surface area contributed by atoms with E-state index in [2.05, 4.69) is 15.2 Å². The molecule has 2 aromatic rings. The molecule has 1 saturated heterocycles. The number of rotatable bonds is 3. The van der Waals surface area contributed by atoms with Gasteiger partial charge in [-0.2, -0.15) is 0 Å². The Balaban J connectivity index is 1.85. The zero-order valence-electron chi connectivity index (χ0n) is 13.5. The molecular formula is C15H20N6O2. The van der Waals surface area contributed by atoms with E-state index in [1.54, 1.807) is 35.1 Å². The van der Waals surface area contributed by atoms with E-state index in [1.807, 2.05) is 20.3 Å². The fourth-order valence-corrected chi connectivity index (χ4v) is 2.96. The van der Waals surface area contributed by atoms with Crippen molar-refractivity contribution in [2.45, 2.75) is 12.1 Å². The summed E-state index contributed by atoms with van der Waals surface area (Å²) in [5, 5.41) is 7.93. The maximum Gasteiger partial charge on any atom is 0.254 e. The number of pyridine rings is 1. The Kier molecular flexibility index (Phi) is 3.99. The van der Waals surface area contributed by atoms with Crippen LogP contribution in [0.25, 0.3) is 0 Å². The average molecular weight is 316 g/mol. The summed E-state index contributed by atoms with van der Waals surface area (Å²) in [5.41, 5.74) is 0.233. The lowest BCUT2D eigenvalue weighted by Gasteiger charge is -2.24. The van der Waals surface area contributed by atoms with Crippen LogP contribution in [-0.2, 0) is 7.05 Å². The standard InChI is InChI=1S/C15H20N6O2/c1-18(2)12-9-20(10-13(12)21-7-5-16-17-21)15(23)11-4-6-19(3)14(22)8-11/h4-8,12-13H,9-10H2,1-3H3/t12-,13+/m1/s1. The molecule has 2 atom stereocenters. The number of nitrogens with zero attached hydrogens (tertiary/aromatic N) is 6. The third kappa shape index (κ3) is 2.89. The topological polar surface area (TPSA) is 76.3 Å². The van der Waals surface area contributed by atoms with E-state index in [9.17, 15) is 9.59 Å². The van der Waals surface area contributed by atoms with Crippen LogP contribution in [0.2, 0.25) is 0 Å². The van der Waals surface area contributed by atoms with Crippen LogP contribution in [0.1, 0.15) is 16.4 Å². The number of likely N-dealkylation sites (N-methyl/N-ethyl adjacent to an activating group) is 1. The highest BCUT2D eigenvalue weighted by atomic mass is 16.2. The predicted molar refractivity (Wildman–Crippen MR) is 84.1 cm³/mol. The van der Waals surface area contributed by atoms with Gasteiger partial charge in [0.15, 0.2) is 0 Å². The highest BCUT2D eigenvalue weighted by Crippen LogP contribution is 2.25. The van der Waals surface area contributed by atoms with Gasteiger partial charge in [0, 0.05) is 44.2 Å². The van der Waals surface area contributed by atoms with Gasteiger partial charge in [0.25, 0.3) is 11.5 Å². The first-order chi connectivity index (χ1) is 11.0. The molecule has 1 aliphatic rings. The van der Waals surface area contributed by atoms with Crippen LogP contribution in [-0.4, -0.2) is 68.5 Å². The van der Waals surface area contributed by atoms with Gasteiger partial charge in [-0.3, -0.25) is 9.59 Å². The van der Waals surface area contributed by atoms with Crippen LogP contribution in [0.15, 0.2) is 35.5 Å². The zero-order valence-corrected chi connectivity index (χ0v) is 13.5. The number of aromatic nitrogens is 4. The van der Waals surface area contributed by atoms with Crippen molar-refractivity contribution in [3.63, 3.8) is 0 Å². The van der Waals surface area contributed by atoms with E-state index in [4.69, 9.17) is 0 Å². The fraction of sp³-hybridized carbons (Fsp3) is 0.467. The summed E-state index contributed by atoms with van der Waals surface area (Å²) >= 11 is 0. The van der Waals surface area contributed by atoms with Crippen molar-refractivity contribution in [2.75, 3.05) is 27.2 Å². The molecule has 122 valence electrons. The van der Waals surface area contributed by atoms with Crippen molar-refractivity contribution in [1.29, 1.82) is 0 Å². The Morgan fingerprint density at radius 1 is 1.30 bits per heavy atom. The van der Waals surface area contributed by atoms with Gasteiger partial charge >= 0.3 is 0 Å². The highest BCUT2D eigenvalue weighted by molar-refractivity contribution is 5.94. The van der Waals surface area contributed by atoms with E-state index < -0.39 is 0 Å². The number of carbonyl (C=O) groups is 1. The number of hydrogen-bond donors (Lipinski definition) is 0. The van der Waals surface area contributed by atoms with E-state index in [-0.39, 0.29) is 23.6 Å². The maximum atomic E-state index is 12.7. The van der Waals surface area contributed by atoms with Crippen LogP contribution < -0.4 is 5.56 Å². The molecule has 23 heavy (non-hydrogen) atoms. The van der Waals surface area contributed by atoms with Gasteiger partial charge in [0.05, 0.1) is 18.3 Å². The monoisotopic (exact) mass is 316 g/mol. The second kappa shape index (κ2) is 5.96. The first kappa shape index (κ1) is 15.4. The number of aryl methyl sites for hydroxylation is 1. The lowest BCUT2D eigenvalue weighted by atomic mass is 10.1. The number of carbonyl (C=O) groups excluding carboxylic acids is 1. The molecule has 8 nitrogen and oxygen atoms in total. The normalized spacial score (nSPS) is 21.1. The van der Waals surface area contributed by atoms with Crippen LogP contribution in [0.3, 0.4) is 0 Å². The van der Waals surface area contributed by atoms with Crippen molar-refractivity contribution in [2.24, 2.45) is 7.05 Å². The van der Waals surface area contributed by atoms with Gasteiger partial charge < -0.3 is 14.4 Å². The van der Waals surface area contributed by atoms with Crippen LogP contribution in [0.5, 0.6) is 0 Å². The summed E-state index contributed by atoms with van der Waals surface area (Å²) in [6.07, 6.45) is 5.06. The lowest BCUT2D eigenvalue weighted by molar-refractivity contribution is 0.0780. The summed E-state index contributed by atoms with van der Waals surface area (Å²) in [6.45, 7) is 1.13. The van der Waals surface area contributed by atoms with Gasteiger partial charge in [0.1, 0.15) is 0 Å². The summed E-state index contributed by atoms with van der Waals surface area (Å²) in [7, 11) is 5.64. The quantitative estimate of drug-likeness (QED) is 0.770. The van der Waals surface area contributed by atoms with Gasteiger partial charge in [-0.05, 0) is 20.2 Å². The summed E-state index contributed by atoms with van der Waals surface area (Å²) < 4.78 is 3.24. The number of hydrogen-bond acceptors (Lipinski definition) is 5. The zero-order chi connectivity index (χ0) is 16.6. The predicted octanol–water partition coefficient (Wildman–Crippen LogP) is -0.396. The molecule has 1 aliphatic heterocycles. The molecule has 3 heterocycles. The molecule has 0 spiro atoms. The van der Waals surface area contributed by atoms with Crippen molar-refractivity contribution < 1.29 is 4.79 Å². The summed E-state index contributed by atoms with van der Waals surface area (Å²) in [5.74, 6) is -0.128. The molecule has 2 aromatic heterocycles. The molecule has 8 heteroatoms. The number of amides is 1. The Hall–Kier alpha value is -2.48. The molecule has 0 bridgehead atoms. The molecule has 0 radical (unpaired) electrons. The number of likely N-dealkylation sites (tertiary alicyclic amines) is 1. The Labute approximate surface area is 133 Å². The Morgan fingerprint density at radius 3 is 2.70 bits per heavy atom. The molecule has 1 fully saturated rings. The van der Waals surface area contributed by atoms with Crippen LogP contribution >= 0.6 is 0 Å². The smallest absolute Gasteiger partial charge is 0.254 e. The van der Waals surface area contributed by atoms with E-state index in [0.717, 1.165) is 0 Å². The molecular weight excluding hydrogens is 296 g/mol. The Morgan fingerprint density at radius 2 is 2.09 bits per heavy atom. The van der Waals surface area contributed by atoms with Gasteiger partial charge in [-0.15, -0.1) is 5.10 Å². The molecule has 0 aliphatic carbocycles. The van der Waals surface area contributed by atoms with Crippen molar-refractivity contribution in [3.05, 3.63) is 46.6 Å². The second-order valence-electron chi connectivity index (χ2n) is 6.06. The van der Waals surface area contributed by atoms with E-state index in [1.165, 1.54) is 10.6 Å². The SMILES string of the molecule is CN(C)[C@@H]1CN(C(=O)c2ccn(C)c(=O)c2)C[C@@H]1n1ccnn1. The lowest BCUT2D eigenvalue weighted by Crippen LogP contribution is -2.37. The minimum Gasteiger partial charge on any atom is -0.335 e. The molecule has 0 N–H and O–H groups in total. The summed E-state index contributed by atoms with van der Waals surface area (Å²) in [4.78, 5) is 28.3. The minimum atomic E-state index is -0.188. The third-order valence-corrected chi connectivity index (χ3v) is 4.34. The van der Waals surface area contributed by atoms with E-state index in [0.29, 0.717) is 18.7 Å². The molecule has 3 rings (SSSR count). The van der Waals surface area contributed by atoms with Crippen LogP contribution in [0.4, 0.5) is 0 Å². The van der Waals surface area contributed by atoms with Crippen molar-refractivity contribution in [1.82, 2.24) is 29.4 Å². The van der Waals surface area contributed by atoms with Gasteiger partial charge in [0.2, 0.25) is 0 Å². The van der Waals surface area contributed by atoms with Crippen molar-refractivity contribution >= 4 is 5.91 Å². The largest absolute Gasteiger partial charge is 0.335 e. The first-order valence-electron chi connectivity index (χ1n) is 7.45. The maximum absolute atomic E-state index is 12.7.